The summed E-state index contributed by atoms with van der Waals surface area (Å²) in [6.07, 6.45) is 0. The summed E-state index contributed by atoms with van der Waals surface area (Å²) < 4.78 is 7.27. The van der Waals surface area contributed by atoms with Crippen LogP contribution in [-0.4, -0.2) is 57.5 Å². The van der Waals surface area contributed by atoms with E-state index < -0.39 is 0 Å². The standard InChI is InChI=1S/C17H17ClN4O2S/c1-11-8-15-19-20-17(22(15)14-3-2-12(18)9-13(11)14)25-10-16(23)21-4-6-24-7-5-21/h2-3,8-9H,4-7,10H2,1H3. The van der Waals surface area contributed by atoms with E-state index in [1.807, 2.05) is 40.5 Å². The van der Waals surface area contributed by atoms with E-state index in [4.69, 9.17) is 16.3 Å². The molecule has 0 saturated carbocycles. The van der Waals surface area contributed by atoms with Crippen LogP contribution in [0.4, 0.5) is 0 Å². The molecule has 0 spiro atoms. The SMILES string of the molecule is Cc1cc2nnc(SCC(=O)N3CCOCC3)n2c2ccc(Cl)cc12. The monoisotopic (exact) mass is 376 g/mol. The number of nitrogens with zero attached hydrogens (tertiary/aromatic N) is 4. The zero-order chi connectivity index (χ0) is 17.4. The fourth-order valence-corrected chi connectivity index (χ4v) is 4.04. The van der Waals surface area contributed by atoms with Crippen molar-refractivity contribution in [1.29, 1.82) is 0 Å². The predicted octanol–water partition coefficient (Wildman–Crippen LogP) is 2.80. The van der Waals surface area contributed by atoms with Crippen LogP contribution in [0.1, 0.15) is 5.56 Å². The zero-order valence-electron chi connectivity index (χ0n) is 13.7. The normalized spacial score (nSPS) is 15.2. The molecule has 0 atom stereocenters. The molecule has 1 aliphatic rings. The van der Waals surface area contributed by atoms with E-state index in [-0.39, 0.29) is 5.91 Å². The first-order chi connectivity index (χ1) is 12.1. The number of ether oxygens (including phenoxy) is 1. The van der Waals surface area contributed by atoms with Crippen molar-refractivity contribution in [2.45, 2.75) is 12.1 Å². The average molecular weight is 377 g/mol. The number of halogens is 1. The third kappa shape index (κ3) is 3.19. The highest BCUT2D eigenvalue weighted by molar-refractivity contribution is 7.99. The molecule has 3 aromatic rings. The molecule has 0 bridgehead atoms. The second-order valence-corrected chi connectivity index (χ2v) is 7.33. The molecule has 0 N–H and O–H groups in total. The van der Waals surface area contributed by atoms with Gasteiger partial charge in [-0.25, -0.2) is 0 Å². The lowest BCUT2D eigenvalue weighted by Gasteiger charge is -2.26. The van der Waals surface area contributed by atoms with Gasteiger partial charge in [-0.1, -0.05) is 23.4 Å². The van der Waals surface area contributed by atoms with Crippen LogP contribution in [0.5, 0.6) is 0 Å². The highest BCUT2D eigenvalue weighted by atomic mass is 35.5. The number of carbonyl (C=O) groups excluding carboxylic acids is 1. The van der Waals surface area contributed by atoms with Gasteiger partial charge in [-0.15, -0.1) is 10.2 Å². The van der Waals surface area contributed by atoms with E-state index in [0.29, 0.717) is 42.2 Å². The van der Waals surface area contributed by atoms with E-state index in [9.17, 15) is 4.79 Å². The van der Waals surface area contributed by atoms with Gasteiger partial charge in [-0.2, -0.15) is 0 Å². The Morgan fingerprint density at radius 2 is 2.08 bits per heavy atom. The van der Waals surface area contributed by atoms with Crippen molar-refractivity contribution in [3.8, 4) is 0 Å². The number of fused-ring (bicyclic) bond motifs is 3. The summed E-state index contributed by atoms with van der Waals surface area (Å²) in [7, 11) is 0. The van der Waals surface area contributed by atoms with Crippen LogP contribution in [0, 0.1) is 6.92 Å². The van der Waals surface area contributed by atoms with Crippen molar-refractivity contribution in [2.24, 2.45) is 0 Å². The summed E-state index contributed by atoms with van der Waals surface area (Å²) in [5.41, 5.74) is 2.86. The van der Waals surface area contributed by atoms with Crippen LogP contribution >= 0.6 is 23.4 Å². The molecule has 25 heavy (non-hydrogen) atoms. The van der Waals surface area contributed by atoms with Crippen LogP contribution in [0.2, 0.25) is 5.02 Å². The minimum absolute atomic E-state index is 0.101. The number of amides is 1. The third-order valence-electron chi connectivity index (χ3n) is 4.32. The van der Waals surface area contributed by atoms with Crippen LogP contribution in [0.3, 0.4) is 0 Å². The number of aryl methyl sites for hydroxylation is 1. The molecule has 8 heteroatoms. The molecule has 0 radical (unpaired) electrons. The Labute approximate surface area is 154 Å². The minimum atomic E-state index is 0.101. The Balaban J connectivity index is 1.65. The minimum Gasteiger partial charge on any atom is -0.378 e. The summed E-state index contributed by atoms with van der Waals surface area (Å²) in [6, 6.07) is 7.75. The maximum absolute atomic E-state index is 12.4. The summed E-state index contributed by atoms with van der Waals surface area (Å²) in [5.74, 6) is 0.438. The van der Waals surface area contributed by atoms with Crippen molar-refractivity contribution in [3.05, 3.63) is 34.9 Å². The summed E-state index contributed by atoms with van der Waals surface area (Å²) in [4.78, 5) is 14.2. The van der Waals surface area contributed by atoms with Gasteiger partial charge in [0.1, 0.15) is 0 Å². The molecule has 2 aromatic heterocycles. The first-order valence-corrected chi connectivity index (χ1v) is 9.42. The molecule has 0 unspecified atom stereocenters. The zero-order valence-corrected chi connectivity index (χ0v) is 15.3. The Kier molecular flexibility index (Phi) is 4.54. The molecule has 0 aliphatic carbocycles. The van der Waals surface area contributed by atoms with Crippen LogP contribution < -0.4 is 0 Å². The number of carbonyl (C=O) groups is 1. The van der Waals surface area contributed by atoms with Gasteiger partial charge in [0.2, 0.25) is 5.91 Å². The molecule has 1 fully saturated rings. The molecule has 1 amide bonds. The molecule has 6 nitrogen and oxygen atoms in total. The van der Waals surface area contributed by atoms with Gasteiger partial charge >= 0.3 is 0 Å². The van der Waals surface area contributed by atoms with Crippen molar-refractivity contribution < 1.29 is 9.53 Å². The van der Waals surface area contributed by atoms with Crippen LogP contribution in [-0.2, 0) is 9.53 Å². The third-order valence-corrected chi connectivity index (χ3v) is 5.47. The van der Waals surface area contributed by atoms with Crippen molar-refractivity contribution in [2.75, 3.05) is 32.1 Å². The summed E-state index contributed by atoms with van der Waals surface area (Å²) in [5, 5.41) is 11.0. The number of benzene rings is 1. The highest BCUT2D eigenvalue weighted by Gasteiger charge is 2.19. The number of rotatable bonds is 3. The quantitative estimate of drug-likeness (QED) is 0.658. The fourth-order valence-electron chi connectivity index (χ4n) is 3.02. The van der Waals surface area contributed by atoms with Gasteiger partial charge < -0.3 is 9.64 Å². The number of hydrogen-bond donors (Lipinski definition) is 0. The maximum atomic E-state index is 12.4. The second kappa shape index (κ2) is 6.82. The number of pyridine rings is 1. The van der Waals surface area contributed by atoms with Gasteiger partial charge in [0.05, 0.1) is 24.5 Å². The Morgan fingerprint density at radius 1 is 1.28 bits per heavy atom. The van der Waals surface area contributed by atoms with Gasteiger partial charge in [0, 0.05) is 23.5 Å². The summed E-state index contributed by atoms with van der Waals surface area (Å²) in [6.45, 7) is 4.55. The van der Waals surface area contributed by atoms with Crippen LogP contribution in [0.15, 0.2) is 29.4 Å². The molecule has 1 aliphatic heterocycles. The molecule has 130 valence electrons. The van der Waals surface area contributed by atoms with Gasteiger partial charge in [-0.3, -0.25) is 9.20 Å². The lowest BCUT2D eigenvalue weighted by molar-refractivity contribution is -0.132. The maximum Gasteiger partial charge on any atom is 0.233 e. The van der Waals surface area contributed by atoms with E-state index >= 15 is 0 Å². The van der Waals surface area contributed by atoms with Crippen molar-refractivity contribution >= 4 is 45.8 Å². The molecular formula is C17H17ClN4O2S. The van der Waals surface area contributed by atoms with Gasteiger partial charge in [0.15, 0.2) is 10.8 Å². The Bertz CT molecular complexity index is 953. The van der Waals surface area contributed by atoms with E-state index in [1.165, 1.54) is 11.8 Å². The second-order valence-electron chi connectivity index (χ2n) is 5.95. The van der Waals surface area contributed by atoms with E-state index in [1.54, 1.807) is 0 Å². The Morgan fingerprint density at radius 3 is 2.88 bits per heavy atom. The lowest BCUT2D eigenvalue weighted by Crippen LogP contribution is -2.41. The molecule has 1 saturated heterocycles. The predicted molar refractivity (Wildman–Crippen MR) is 98.4 cm³/mol. The van der Waals surface area contributed by atoms with E-state index in [0.717, 1.165) is 22.1 Å². The molecular weight excluding hydrogens is 360 g/mol. The van der Waals surface area contributed by atoms with Gasteiger partial charge in [0.25, 0.3) is 0 Å². The first kappa shape index (κ1) is 16.6. The summed E-state index contributed by atoms with van der Waals surface area (Å²) >= 11 is 7.55. The highest BCUT2D eigenvalue weighted by Crippen LogP contribution is 2.28. The number of morpholine rings is 1. The van der Waals surface area contributed by atoms with Crippen molar-refractivity contribution in [3.63, 3.8) is 0 Å². The first-order valence-electron chi connectivity index (χ1n) is 8.06. The van der Waals surface area contributed by atoms with E-state index in [2.05, 4.69) is 10.2 Å². The smallest absolute Gasteiger partial charge is 0.233 e. The fraction of sp³-hybridized carbons (Fsp3) is 0.353. The van der Waals surface area contributed by atoms with Crippen molar-refractivity contribution in [1.82, 2.24) is 19.5 Å². The topological polar surface area (TPSA) is 59.7 Å². The largest absolute Gasteiger partial charge is 0.378 e. The number of thioether (sulfide) groups is 1. The van der Waals surface area contributed by atoms with Gasteiger partial charge in [-0.05, 0) is 36.8 Å². The average Bonchev–Trinajstić information content (AvgIpc) is 3.03. The molecule has 1 aromatic carbocycles. The molecule has 4 rings (SSSR count). The van der Waals surface area contributed by atoms with Crippen LogP contribution in [0.25, 0.3) is 16.6 Å². The number of aromatic nitrogens is 3. The Hall–Kier alpha value is -1.83. The number of hydrogen-bond acceptors (Lipinski definition) is 5. The lowest BCUT2D eigenvalue weighted by atomic mass is 10.1. The molecule has 3 heterocycles.